The predicted molar refractivity (Wildman–Crippen MR) is 94.1 cm³/mol. The Hall–Kier alpha value is -0.0800. The van der Waals surface area contributed by atoms with E-state index in [2.05, 4.69) is 22.5 Å². The van der Waals surface area contributed by atoms with Gasteiger partial charge in [-0.25, -0.2) is 0 Å². The van der Waals surface area contributed by atoms with Gasteiger partial charge in [0, 0.05) is 40.0 Å². The fraction of sp³-hybridized carbons (Fsp3) is 0.929. The molecule has 2 N–H and O–H groups in total. The molecule has 1 rings (SSSR count). The molecule has 20 heavy (non-hydrogen) atoms. The Bertz CT molecular complexity index is 269. The van der Waals surface area contributed by atoms with E-state index >= 15 is 0 Å². The van der Waals surface area contributed by atoms with E-state index in [1.807, 2.05) is 6.92 Å². The molecule has 0 aromatic rings. The highest BCUT2D eigenvalue weighted by Crippen LogP contribution is 2.23. The number of hydrogen-bond donors (Lipinski definition) is 2. The van der Waals surface area contributed by atoms with Gasteiger partial charge in [0.25, 0.3) is 0 Å². The lowest BCUT2D eigenvalue weighted by molar-refractivity contribution is 0.0243. The van der Waals surface area contributed by atoms with Crippen molar-refractivity contribution in [2.24, 2.45) is 4.99 Å². The van der Waals surface area contributed by atoms with Gasteiger partial charge in [0.2, 0.25) is 0 Å². The maximum Gasteiger partial charge on any atom is 0.191 e. The van der Waals surface area contributed by atoms with Gasteiger partial charge in [-0.3, -0.25) is 4.99 Å². The molecule has 0 aromatic heterocycles. The van der Waals surface area contributed by atoms with Gasteiger partial charge in [-0.2, -0.15) is 0 Å². The molecule has 0 saturated carbocycles. The van der Waals surface area contributed by atoms with E-state index < -0.39 is 0 Å². The monoisotopic (exact) mass is 399 g/mol. The maximum absolute atomic E-state index is 5.74. The number of nitrogens with zero attached hydrogens (tertiary/aromatic N) is 1. The molecule has 0 aliphatic carbocycles. The van der Waals surface area contributed by atoms with Crippen molar-refractivity contribution in [1.29, 1.82) is 0 Å². The third-order valence-corrected chi connectivity index (χ3v) is 3.37. The molecule has 1 aliphatic rings. The summed E-state index contributed by atoms with van der Waals surface area (Å²) in [5, 5.41) is 6.65. The molecule has 5 nitrogen and oxygen atoms in total. The predicted octanol–water partition coefficient (Wildman–Crippen LogP) is 2.16. The summed E-state index contributed by atoms with van der Waals surface area (Å²) in [4.78, 5) is 4.22. The Kier molecular flexibility index (Phi) is 11.5. The zero-order chi connectivity index (χ0) is 14.0. The highest BCUT2D eigenvalue weighted by Gasteiger charge is 2.29. The summed E-state index contributed by atoms with van der Waals surface area (Å²) in [6, 6.07) is 0. The minimum atomic E-state index is -0.0351. The van der Waals surface area contributed by atoms with Crippen LogP contribution in [0.4, 0.5) is 0 Å². The van der Waals surface area contributed by atoms with Crippen molar-refractivity contribution in [3.05, 3.63) is 0 Å². The van der Waals surface area contributed by atoms with Crippen LogP contribution in [-0.2, 0) is 9.47 Å². The van der Waals surface area contributed by atoms with E-state index in [4.69, 9.17) is 9.47 Å². The van der Waals surface area contributed by atoms with Crippen molar-refractivity contribution in [3.63, 3.8) is 0 Å². The second-order valence-corrected chi connectivity index (χ2v) is 5.16. The SMILES string of the molecule is CCOCCCCNC(=NC)NCC1(C)CCCO1.I. The number of halogens is 1. The van der Waals surface area contributed by atoms with Crippen molar-refractivity contribution >= 4 is 29.9 Å². The Morgan fingerprint density at radius 1 is 1.35 bits per heavy atom. The zero-order valence-corrected chi connectivity index (χ0v) is 15.4. The van der Waals surface area contributed by atoms with Crippen LogP contribution in [-0.4, -0.2) is 51.5 Å². The highest BCUT2D eigenvalue weighted by molar-refractivity contribution is 14.0. The van der Waals surface area contributed by atoms with E-state index in [1.165, 1.54) is 0 Å². The first-order valence-electron chi connectivity index (χ1n) is 7.36. The van der Waals surface area contributed by atoms with E-state index in [-0.39, 0.29) is 29.6 Å². The standard InChI is InChI=1S/C14H29N3O2.HI/c1-4-18-10-6-5-9-16-13(15-3)17-12-14(2)8-7-11-19-14;/h4-12H2,1-3H3,(H2,15,16,17);1H. The summed E-state index contributed by atoms with van der Waals surface area (Å²) in [7, 11) is 1.80. The van der Waals surface area contributed by atoms with E-state index in [9.17, 15) is 0 Å². The molecular weight excluding hydrogens is 369 g/mol. The molecule has 1 unspecified atom stereocenters. The molecule has 1 saturated heterocycles. The van der Waals surface area contributed by atoms with E-state index in [1.54, 1.807) is 7.05 Å². The fourth-order valence-corrected chi connectivity index (χ4v) is 2.15. The molecule has 0 radical (unpaired) electrons. The third kappa shape index (κ3) is 8.26. The summed E-state index contributed by atoms with van der Waals surface area (Å²) in [5.41, 5.74) is -0.0351. The average Bonchev–Trinajstić information content (AvgIpc) is 2.84. The van der Waals surface area contributed by atoms with Gasteiger partial charge >= 0.3 is 0 Å². The molecule has 0 amide bonds. The number of rotatable bonds is 8. The first kappa shape index (κ1) is 19.9. The number of hydrogen-bond acceptors (Lipinski definition) is 3. The number of ether oxygens (including phenoxy) is 2. The molecule has 1 heterocycles. The maximum atomic E-state index is 5.74. The van der Waals surface area contributed by atoms with Crippen LogP contribution in [0, 0.1) is 0 Å². The van der Waals surface area contributed by atoms with Gasteiger partial charge in [0.05, 0.1) is 5.60 Å². The fourth-order valence-electron chi connectivity index (χ4n) is 2.15. The number of unbranched alkanes of at least 4 members (excludes halogenated alkanes) is 1. The van der Waals surface area contributed by atoms with Gasteiger partial charge in [-0.1, -0.05) is 0 Å². The minimum absolute atomic E-state index is 0. The van der Waals surface area contributed by atoms with Crippen molar-refractivity contribution in [2.75, 3.05) is 40.0 Å². The number of guanidine groups is 1. The summed E-state index contributed by atoms with van der Waals surface area (Å²) in [5.74, 6) is 0.855. The lowest BCUT2D eigenvalue weighted by Crippen LogP contribution is -2.45. The number of aliphatic imine (C=N–C) groups is 1. The van der Waals surface area contributed by atoms with Crippen molar-refractivity contribution in [2.45, 2.75) is 45.1 Å². The van der Waals surface area contributed by atoms with Gasteiger partial charge in [0.15, 0.2) is 5.96 Å². The minimum Gasteiger partial charge on any atom is -0.382 e. The van der Waals surface area contributed by atoms with E-state index in [0.29, 0.717) is 0 Å². The topological polar surface area (TPSA) is 54.9 Å². The summed E-state index contributed by atoms with van der Waals surface area (Å²) in [6.07, 6.45) is 4.44. The smallest absolute Gasteiger partial charge is 0.191 e. The largest absolute Gasteiger partial charge is 0.382 e. The van der Waals surface area contributed by atoms with Crippen LogP contribution in [0.2, 0.25) is 0 Å². The van der Waals surface area contributed by atoms with Crippen LogP contribution in [0.25, 0.3) is 0 Å². The first-order valence-corrected chi connectivity index (χ1v) is 7.36. The Morgan fingerprint density at radius 3 is 2.75 bits per heavy atom. The summed E-state index contributed by atoms with van der Waals surface area (Å²) < 4.78 is 11.0. The lowest BCUT2D eigenvalue weighted by atomic mass is 10.0. The average molecular weight is 399 g/mol. The molecule has 0 bridgehead atoms. The Morgan fingerprint density at radius 2 is 2.15 bits per heavy atom. The normalized spacial score (nSPS) is 22.4. The Balaban J connectivity index is 0.00000361. The van der Waals surface area contributed by atoms with Crippen LogP contribution in [0.5, 0.6) is 0 Å². The van der Waals surface area contributed by atoms with Crippen LogP contribution in [0.3, 0.4) is 0 Å². The van der Waals surface area contributed by atoms with Crippen LogP contribution in [0.1, 0.15) is 39.5 Å². The molecule has 6 heteroatoms. The first-order chi connectivity index (χ1) is 9.20. The summed E-state index contributed by atoms with van der Waals surface area (Å²) >= 11 is 0. The molecule has 0 aromatic carbocycles. The van der Waals surface area contributed by atoms with Gasteiger partial charge in [-0.15, -0.1) is 24.0 Å². The molecule has 1 fully saturated rings. The molecular formula is C14H30IN3O2. The van der Waals surface area contributed by atoms with Crippen LogP contribution < -0.4 is 10.6 Å². The molecule has 1 aliphatic heterocycles. The van der Waals surface area contributed by atoms with E-state index in [0.717, 1.165) is 64.6 Å². The highest BCUT2D eigenvalue weighted by atomic mass is 127. The van der Waals surface area contributed by atoms with Crippen molar-refractivity contribution < 1.29 is 9.47 Å². The lowest BCUT2D eigenvalue weighted by Gasteiger charge is -2.24. The second kappa shape index (κ2) is 11.6. The van der Waals surface area contributed by atoms with Gasteiger partial charge < -0.3 is 20.1 Å². The van der Waals surface area contributed by atoms with Crippen LogP contribution in [0.15, 0.2) is 4.99 Å². The van der Waals surface area contributed by atoms with Gasteiger partial charge in [0.1, 0.15) is 0 Å². The summed E-state index contributed by atoms with van der Waals surface area (Å²) in [6.45, 7) is 8.43. The van der Waals surface area contributed by atoms with Crippen molar-refractivity contribution in [1.82, 2.24) is 10.6 Å². The molecule has 0 spiro atoms. The quantitative estimate of drug-likeness (QED) is 0.284. The van der Waals surface area contributed by atoms with Crippen LogP contribution >= 0.6 is 24.0 Å². The molecule has 120 valence electrons. The third-order valence-electron chi connectivity index (χ3n) is 3.37. The van der Waals surface area contributed by atoms with Crippen molar-refractivity contribution in [3.8, 4) is 0 Å². The van der Waals surface area contributed by atoms with Gasteiger partial charge in [-0.05, 0) is 39.5 Å². The molecule has 1 atom stereocenters. The Labute approximate surface area is 140 Å². The number of nitrogens with one attached hydrogen (secondary N) is 2. The zero-order valence-electron chi connectivity index (χ0n) is 13.0. The second-order valence-electron chi connectivity index (χ2n) is 5.16.